The Balaban J connectivity index is 1.59. The number of nitrogens with zero attached hydrogens (tertiary/aromatic N) is 2. The minimum atomic E-state index is 0.427. The maximum atomic E-state index is 2.74. The molecule has 108 valence electrons. The lowest BCUT2D eigenvalue weighted by Gasteiger charge is -2.46. The molecule has 0 N–H and O–H groups in total. The highest BCUT2D eigenvalue weighted by Gasteiger charge is 2.50. The summed E-state index contributed by atoms with van der Waals surface area (Å²) in [6.07, 6.45) is 5.63. The summed E-state index contributed by atoms with van der Waals surface area (Å²) in [5.74, 6) is 1.02. The van der Waals surface area contributed by atoms with Crippen molar-refractivity contribution in [2.24, 2.45) is 5.92 Å². The summed E-state index contributed by atoms with van der Waals surface area (Å²) in [7, 11) is 2.33. The van der Waals surface area contributed by atoms with Crippen LogP contribution in [0.3, 0.4) is 0 Å². The smallest absolute Gasteiger partial charge is 0.0317 e. The van der Waals surface area contributed by atoms with Crippen molar-refractivity contribution in [3.05, 3.63) is 35.9 Å². The second-order valence-electron chi connectivity index (χ2n) is 7.22. The summed E-state index contributed by atoms with van der Waals surface area (Å²) in [5, 5.41) is 0. The molecule has 2 nitrogen and oxygen atoms in total. The SMILES string of the molecule is CN1CC[C@@]2(c3ccccc3)CCN(CC3CC3)C[C@H]12. The fourth-order valence-corrected chi connectivity index (χ4v) is 4.50. The second-order valence-corrected chi connectivity index (χ2v) is 7.22. The molecule has 1 saturated carbocycles. The molecule has 0 bridgehead atoms. The Kier molecular flexibility index (Phi) is 3.12. The van der Waals surface area contributed by atoms with Crippen LogP contribution in [-0.2, 0) is 5.41 Å². The third kappa shape index (κ3) is 2.10. The fourth-order valence-electron chi connectivity index (χ4n) is 4.50. The summed E-state index contributed by atoms with van der Waals surface area (Å²) in [6, 6.07) is 12.0. The van der Waals surface area contributed by atoms with E-state index < -0.39 is 0 Å². The summed E-state index contributed by atoms with van der Waals surface area (Å²) >= 11 is 0. The fraction of sp³-hybridized carbons (Fsp3) is 0.667. The van der Waals surface area contributed by atoms with Crippen LogP contribution in [0.2, 0.25) is 0 Å². The molecule has 20 heavy (non-hydrogen) atoms. The Labute approximate surface area is 122 Å². The zero-order valence-corrected chi connectivity index (χ0v) is 12.6. The van der Waals surface area contributed by atoms with Crippen LogP contribution in [0, 0.1) is 5.92 Å². The molecule has 0 amide bonds. The van der Waals surface area contributed by atoms with Crippen LogP contribution >= 0.6 is 0 Å². The normalized spacial score (nSPS) is 35.1. The highest BCUT2D eigenvalue weighted by molar-refractivity contribution is 5.31. The van der Waals surface area contributed by atoms with Crippen LogP contribution in [0.25, 0.3) is 0 Å². The Hall–Kier alpha value is -0.860. The predicted molar refractivity (Wildman–Crippen MR) is 82.9 cm³/mol. The van der Waals surface area contributed by atoms with Crippen molar-refractivity contribution in [2.75, 3.05) is 33.2 Å². The van der Waals surface area contributed by atoms with E-state index >= 15 is 0 Å². The number of hydrogen-bond donors (Lipinski definition) is 0. The van der Waals surface area contributed by atoms with E-state index in [1.165, 1.54) is 51.9 Å². The van der Waals surface area contributed by atoms with E-state index in [4.69, 9.17) is 0 Å². The average Bonchev–Trinajstić information content (AvgIpc) is 3.24. The van der Waals surface area contributed by atoms with Crippen LogP contribution in [0.4, 0.5) is 0 Å². The minimum absolute atomic E-state index is 0.427. The first-order chi connectivity index (χ1) is 9.78. The van der Waals surface area contributed by atoms with Gasteiger partial charge in [0.2, 0.25) is 0 Å². The van der Waals surface area contributed by atoms with Gasteiger partial charge in [0.25, 0.3) is 0 Å². The summed E-state index contributed by atoms with van der Waals surface area (Å²) in [5.41, 5.74) is 2.01. The molecule has 2 heteroatoms. The molecule has 0 unspecified atom stereocenters. The van der Waals surface area contributed by atoms with Gasteiger partial charge in [-0.2, -0.15) is 0 Å². The Morgan fingerprint density at radius 2 is 1.85 bits per heavy atom. The number of benzene rings is 1. The van der Waals surface area contributed by atoms with Gasteiger partial charge in [-0.3, -0.25) is 0 Å². The maximum Gasteiger partial charge on any atom is 0.0317 e. The van der Waals surface area contributed by atoms with E-state index in [2.05, 4.69) is 47.2 Å². The molecule has 2 aliphatic heterocycles. The number of hydrogen-bond acceptors (Lipinski definition) is 2. The van der Waals surface area contributed by atoms with E-state index in [0.717, 1.165) is 12.0 Å². The molecule has 4 rings (SSSR count). The Morgan fingerprint density at radius 3 is 2.60 bits per heavy atom. The first kappa shape index (κ1) is 12.8. The monoisotopic (exact) mass is 270 g/mol. The van der Waals surface area contributed by atoms with Gasteiger partial charge in [-0.15, -0.1) is 0 Å². The zero-order valence-electron chi connectivity index (χ0n) is 12.6. The van der Waals surface area contributed by atoms with Gasteiger partial charge in [-0.1, -0.05) is 30.3 Å². The van der Waals surface area contributed by atoms with Crippen LogP contribution < -0.4 is 0 Å². The van der Waals surface area contributed by atoms with E-state index in [1.54, 1.807) is 5.56 Å². The lowest BCUT2D eigenvalue weighted by atomic mass is 9.69. The molecule has 2 heterocycles. The van der Waals surface area contributed by atoms with Crippen LogP contribution in [0.15, 0.2) is 30.3 Å². The number of piperidine rings is 1. The number of likely N-dealkylation sites (N-methyl/N-ethyl adjacent to an activating group) is 1. The molecule has 0 aromatic heterocycles. The summed E-state index contributed by atoms with van der Waals surface area (Å²) in [4.78, 5) is 5.36. The third-order valence-corrected chi connectivity index (χ3v) is 5.95. The van der Waals surface area contributed by atoms with Crippen LogP contribution in [0.5, 0.6) is 0 Å². The van der Waals surface area contributed by atoms with Gasteiger partial charge in [0.15, 0.2) is 0 Å². The van der Waals surface area contributed by atoms with E-state index in [0.29, 0.717) is 5.41 Å². The molecule has 1 aromatic carbocycles. The molecule has 3 fully saturated rings. The van der Waals surface area contributed by atoms with Gasteiger partial charge in [0, 0.05) is 24.5 Å². The number of likely N-dealkylation sites (tertiary alicyclic amines) is 2. The molecule has 1 aliphatic carbocycles. The van der Waals surface area contributed by atoms with Gasteiger partial charge in [-0.05, 0) is 57.3 Å². The van der Waals surface area contributed by atoms with Crippen molar-refractivity contribution in [3.8, 4) is 0 Å². The van der Waals surface area contributed by atoms with Crippen molar-refractivity contribution >= 4 is 0 Å². The lowest BCUT2D eigenvalue weighted by molar-refractivity contribution is 0.0933. The molecule has 2 saturated heterocycles. The highest BCUT2D eigenvalue weighted by Crippen LogP contribution is 2.45. The Bertz CT molecular complexity index is 468. The highest BCUT2D eigenvalue weighted by atomic mass is 15.3. The molecule has 1 aromatic rings. The van der Waals surface area contributed by atoms with Gasteiger partial charge in [0.1, 0.15) is 0 Å². The number of rotatable bonds is 3. The van der Waals surface area contributed by atoms with Crippen LogP contribution in [0.1, 0.15) is 31.2 Å². The van der Waals surface area contributed by atoms with Crippen molar-refractivity contribution in [2.45, 2.75) is 37.1 Å². The average molecular weight is 270 g/mol. The summed E-state index contributed by atoms with van der Waals surface area (Å²) < 4.78 is 0. The zero-order chi connectivity index (χ0) is 13.6. The molecular formula is C18H26N2. The molecule has 3 aliphatic rings. The minimum Gasteiger partial charge on any atom is -0.301 e. The molecule has 2 atom stereocenters. The quantitative estimate of drug-likeness (QED) is 0.833. The largest absolute Gasteiger partial charge is 0.301 e. The first-order valence-corrected chi connectivity index (χ1v) is 8.26. The van der Waals surface area contributed by atoms with Gasteiger partial charge >= 0.3 is 0 Å². The first-order valence-electron chi connectivity index (χ1n) is 8.26. The van der Waals surface area contributed by atoms with Gasteiger partial charge < -0.3 is 9.80 Å². The lowest BCUT2D eigenvalue weighted by Crippen LogP contribution is -2.55. The topological polar surface area (TPSA) is 6.48 Å². The maximum absolute atomic E-state index is 2.74. The molecule has 0 spiro atoms. The van der Waals surface area contributed by atoms with Gasteiger partial charge in [-0.25, -0.2) is 0 Å². The van der Waals surface area contributed by atoms with Crippen molar-refractivity contribution in [3.63, 3.8) is 0 Å². The standard InChI is InChI=1S/C18H26N2/c1-19-11-9-18(16-5-3-2-4-6-16)10-12-20(14-17(18)19)13-15-7-8-15/h2-6,15,17H,7-14H2,1H3/t17-,18-/m0/s1. The Morgan fingerprint density at radius 1 is 1.10 bits per heavy atom. The van der Waals surface area contributed by atoms with Crippen molar-refractivity contribution in [1.29, 1.82) is 0 Å². The molecule has 0 radical (unpaired) electrons. The van der Waals surface area contributed by atoms with Crippen molar-refractivity contribution < 1.29 is 0 Å². The van der Waals surface area contributed by atoms with Crippen molar-refractivity contribution in [1.82, 2.24) is 9.80 Å². The summed E-state index contributed by atoms with van der Waals surface area (Å²) in [6.45, 7) is 5.20. The molecular weight excluding hydrogens is 244 g/mol. The van der Waals surface area contributed by atoms with Gasteiger partial charge in [0.05, 0.1) is 0 Å². The number of fused-ring (bicyclic) bond motifs is 1. The second kappa shape index (κ2) is 4.85. The van der Waals surface area contributed by atoms with E-state index in [9.17, 15) is 0 Å². The van der Waals surface area contributed by atoms with E-state index in [-0.39, 0.29) is 0 Å². The predicted octanol–water partition coefficient (Wildman–Crippen LogP) is 2.74. The van der Waals surface area contributed by atoms with E-state index in [1.807, 2.05) is 0 Å². The van der Waals surface area contributed by atoms with Crippen LogP contribution in [-0.4, -0.2) is 49.1 Å². The third-order valence-electron chi connectivity index (χ3n) is 5.95.